The molecule has 0 unspecified atom stereocenters. The van der Waals surface area contributed by atoms with Gasteiger partial charge in [-0.3, -0.25) is 9.69 Å². The Labute approximate surface area is 173 Å². The van der Waals surface area contributed by atoms with Crippen molar-refractivity contribution in [3.63, 3.8) is 0 Å². The van der Waals surface area contributed by atoms with Gasteiger partial charge in [-0.2, -0.15) is 13.2 Å². The first-order chi connectivity index (χ1) is 14.3. The van der Waals surface area contributed by atoms with Gasteiger partial charge >= 0.3 is 12.1 Å². The molecule has 4 nitrogen and oxygen atoms in total. The lowest BCUT2D eigenvalue weighted by Crippen LogP contribution is -2.32. The van der Waals surface area contributed by atoms with Crippen LogP contribution in [0, 0.1) is 0 Å². The summed E-state index contributed by atoms with van der Waals surface area (Å²) in [5, 5.41) is 8.80. The first kappa shape index (κ1) is 21.9. The summed E-state index contributed by atoms with van der Waals surface area (Å²) in [5.74, 6) is 0.00349. The van der Waals surface area contributed by atoms with Gasteiger partial charge < -0.3 is 9.84 Å². The molecule has 0 aromatic heterocycles. The van der Waals surface area contributed by atoms with E-state index in [1.54, 1.807) is 12.2 Å². The zero-order chi connectivity index (χ0) is 21.6. The Hall–Kier alpha value is -2.80. The van der Waals surface area contributed by atoms with Gasteiger partial charge in [0.1, 0.15) is 12.4 Å². The number of carboxylic acids is 1. The second kappa shape index (κ2) is 9.80. The van der Waals surface area contributed by atoms with Crippen molar-refractivity contribution in [1.82, 2.24) is 4.90 Å². The summed E-state index contributed by atoms with van der Waals surface area (Å²) in [5.41, 5.74) is 2.35. The molecule has 0 amide bonds. The Bertz CT molecular complexity index is 892. The van der Waals surface area contributed by atoms with E-state index in [-0.39, 0.29) is 6.42 Å². The van der Waals surface area contributed by atoms with Crippen LogP contribution in [-0.4, -0.2) is 35.7 Å². The van der Waals surface area contributed by atoms with Gasteiger partial charge in [0, 0.05) is 25.1 Å². The number of nitrogens with zero attached hydrogens (tertiary/aromatic N) is 1. The molecule has 1 N–H and O–H groups in total. The van der Waals surface area contributed by atoms with E-state index in [1.807, 2.05) is 12.1 Å². The number of alkyl halides is 3. The number of fused-ring (bicyclic) bond motifs is 1. The van der Waals surface area contributed by atoms with E-state index in [0.29, 0.717) is 25.1 Å². The lowest BCUT2D eigenvalue weighted by molar-refractivity contribution is -0.138. The van der Waals surface area contributed by atoms with Crippen LogP contribution in [0.2, 0.25) is 0 Å². The van der Waals surface area contributed by atoms with Crippen LogP contribution >= 0.6 is 0 Å². The van der Waals surface area contributed by atoms with Crippen LogP contribution in [0.3, 0.4) is 0 Å². The summed E-state index contributed by atoms with van der Waals surface area (Å²) in [7, 11) is 0. The van der Waals surface area contributed by atoms with E-state index in [9.17, 15) is 18.0 Å². The van der Waals surface area contributed by atoms with E-state index < -0.39 is 17.7 Å². The van der Waals surface area contributed by atoms with Crippen LogP contribution in [0.5, 0.6) is 5.75 Å². The number of ether oxygens (including phenoxy) is 1. The van der Waals surface area contributed by atoms with Crippen molar-refractivity contribution in [2.45, 2.75) is 32.0 Å². The molecule has 2 aromatic rings. The topological polar surface area (TPSA) is 49.8 Å². The second-order valence-corrected chi connectivity index (χ2v) is 7.25. The molecule has 0 atom stereocenters. The summed E-state index contributed by atoms with van der Waals surface area (Å²) in [4.78, 5) is 12.9. The molecule has 160 valence electrons. The Morgan fingerprint density at radius 3 is 2.63 bits per heavy atom. The maximum absolute atomic E-state index is 12.6. The molecule has 0 saturated heterocycles. The van der Waals surface area contributed by atoms with Gasteiger partial charge in [-0.1, -0.05) is 30.3 Å². The SMILES string of the molecule is O=C(O)CCCN1CCc2cccc(OC/C=C/c3ccc(C(F)(F)F)cc3)c2C1. The van der Waals surface area contributed by atoms with Crippen LogP contribution in [0.25, 0.3) is 6.08 Å². The maximum Gasteiger partial charge on any atom is 0.416 e. The predicted octanol–water partition coefficient (Wildman–Crippen LogP) is 5.02. The lowest BCUT2D eigenvalue weighted by Gasteiger charge is -2.29. The van der Waals surface area contributed by atoms with Crippen molar-refractivity contribution >= 4 is 12.0 Å². The molecule has 0 saturated carbocycles. The Morgan fingerprint density at radius 2 is 1.93 bits per heavy atom. The minimum absolute atomic E-state index is 0.163. The van der Waals surface area contributed by atoms with Gasteiger partial charge in [0.25, 0.3) is 0 Å². The summed E-state index contributed by atoms with van der Waals surface area (Å²) in [6, 6.07) is 10.9. The molecule has 7 heteroatoms. The van der Waals surface area contributed by atoms with Gasteiger partial charge in [-0.05, 0) is 54.8 Å². The molecule has 0 aliphatic carbocycles. The summed E-state index contributed by atoms with van der Waals surface area (Å²) < 4.78 is 43.8. The fraction of sp³-hybridized carbons (Fsp3) is 0.348. The fourth-order valence-corrected chi connectivity index (χ4v) is 3.49. The van der Waals surface area contributed by atoms with Gasteiger partial charge in [-0.15, -0.1) is 0 Å². The van der Waals surface area contributed by atoms with Crippen LogP contribution in [0.1, 0.15) is 35.1 Å². The number of carbonyl (C=O) groups is 1. The van der Waals surface area contributed by atoms with E-state index in [4.69, 9.17) is 9.84 Å². The van der Waals surface area contributed by atoms with Crippen molar-refractivity contribution in [2.75, 3.05) is 19.7 Å². The van der Waals surface area contributed by atoms with Crippen LogP contribution in [0.4, 0.5) is 13.2 Å². The number of halogens is 3. The number of carboxylic acid groups (broad SMARTS) is 1. The summed E-state index contributed by atoms with van der Waals surface area (Å²) in [6.45, 7) is 2.64. The zero-order valence-corrected chi connectivity index (χ0v) is 16.5. The average molecular weight is 419 g/mol. The second-order valence-electron chi connectivity index (χ2n) is 7.25. The highest BCUT2D eigenvalue weighted by Crippen LogP contribution is 2.30. The first-order valence-electron chi connectivity index (χ1n) is 9.84. The van der Waals surface area contributed by atoms with Gasteiger partial charge in [0.15, 0.2) is 0 Å². The molecule has 0 fully saturated rings. The molecule has 1 aliphatic heterocycles. The molecule has 3 rings (SSSR count). The Balaban J connectivity index is 1.56. The molecule has 2 aromatic carbocycles. The minimum Gasteiger partial charge on any atom is -0.489 e. The van der Waals surface area contributed by atoms with E-state index in [1.165, 1.54) is 17.7 Å². The Morgan fingerprint density at radius 1 is 1.17 bits per heavy atom. The third kappa shape index (κ3) is 6.10. The summed E-state index contributed by atoms with van der Waals surface area (Å²) >= 11 is 0. The number of hydrogen-bond donors (Lipinski definition) is 1. The highest BCUT2D eigenvalue weighted by molar-refractivity contribution is 5.66. The van der Waals surface area contributed by atoms with Gasteiger partial charge in [0.05, 0.1) is 5.56 Å². The molecule has 0 radical (unpaired) electrons. The zero-order valence-electron chi connectivity index (χ0n) is 16.5. The predicted molar refractivity (Wildman–Crippen MR) is 108 cm³/mol. The first-order valence-corrected chi connectivity index (χ1v) is 9.84. The third-order valence-electron chi connectivity index (χ3n) is 5.06. The normalized spacial score (nSPS) is 14.6. The molecule has 30 heavy (non-hydrogen) atoms. The lowest BCUT2D eigenvalue weighted by atomic mass is 9.98. The van der Waals surface area contributed by atoms with Gasteiger partial charge in [0.2, 0.25) is 0 Å². The quantitative estimate of drug-likeness (QED) is 0.653. The molecule has 1 heterocycles. The van der Waals surface area contributed by atoms with E-state index in [0.717, 1.165) is 43.0 Å². The largest absolute Gasteiger partial charge is 0.489 e. The number of hydrogen-bond acceptors (Lipinski definition) is 3. The van der Waals surface area contributed by atoms with E-state index in [2.05, 4.69) is 11.0 Å². The van der Waals surface area contributed by atoms with E-state index >= 15 is 0 Å². The van der Waals surface area contributed by atoms with Crippen LogP contribution < -0.4 is 4.74 Å². The van der Waals surface area contributed by atoms with Crippen molar-refractivity contribution in [3.8, 4) is 5.75 Å². The molecule has 0 bridgehead atoms. The Kier molecular flexibility index (Phi) is 7.15. The highest BCUT2D eigenvalue weighted by Gasteiger charge is 2.29. The van der Waals surface area contributed by atoms with Crippen LogP contribution in [0.15, 0.2) is 48.5 Å². The third-order valence-corrected chi connectivity index (χ3v) is 5.06. The van der Waals surface area contributed by atoms with Crippen molar-refractivity contribution in [3.05, 3.63) is 70.8 Å². The maximum atomic E-state index is 12.6. The van der Waals surface area contributed by atoms with Crippen molar-refractivity contribution in [1.29, 1.82) is 0 Å². The standard InChI is InChI=1S/C23H24F3NO3/c24-23(25,26)19-10-8-17(9-11-19)4-3-15-30-21-6-1-5-18-12-14-27(16-20(18)21)13-2-7-22(28)29/h1,3-6,8-11H,2,7,12-16H2,(H,28,29)/b4-3+. The average Bonchev–Trinajstić information content (AvgIpc) is 2.71. The highest BCUT2D eigenvalue weighted by atomic mass is 19.4. The number of benzene rings is 2. The molecular formula is C23H24F3NO3. The fourth-order valence-electron chi connectivity index (χ4n) is 3.49. The monoisotopic (exact) mass is 419 g/mol. The molecule has 0 spiro atoms. The molecule has 1 aliphatic rings. The van der Waals surface area contributed by atoms with Gasteiger partial charge in [-0.25, -0.2) is 0 Å². The minimum atomic E-state index is -4.33. The molecular weight excluding hydrogens is 395 g/mol. The summed E-state index contributed by atoms with van der Waals surface area (Å²) in [6.07, 6.45) is 0.837. The smallest absolute Gasteiger partial charge is 0.416 e. The van der Waals surface area contributed by atoms with Crippen molar-refractivity contribution in [2.24, 2.45) is 0 Å². The van der Waals surface area contributed by atoms with Crippen LogP contribution in [-0.2, 0) is 23.9 Å². The number of aliphatic carboxylic acids is 1. The number of rotatable bonds is 8. The van der Waals surface area contributed by atoms with Crippen molar-refractivity contribution < 1.29 is 27.8 Å².